The van der Waals surface area contributed by atoms with Crippen LogP contribution >= 0.6 is 0 Å². The quantitative estimate of drug-likeness (QED) is 0.256. The van der Waals surface area contributed by atoms with Crippen LogP contribution in [0.2, 0.25) is 0 Å². The Morgan fingerprint density at radius 1 is 0.939 bits per heavy atom. The molecular weight excluding hydrogens is 424 g/mol. The molecule has 0 aromatic heterocycles. The van der Waals surface area contributed by atoms with Crippen molar-refractivity contribution in [3.8, 4) is 0 Å². The fourth-order valence-electron chi connectivity index (χ4n) is 3.61. The van der Waals surface area contributed by atoms with Gasteiger partial charge >= 0.3 is 0 Å². The molecule has 6 N–H and O–H groups in total. The highest BCUT2D eigenvalue weighted by Crippen LogP contribution is 2.19. The van der Waals surface area contributed by atoms with Gasteiger partial charge in [0.2, 0.25) is 23.6 Å². The lowest BCUT2D eigenvalue weighted by molar-refractivity contribution is -0.136. The van der Waals surface area contributed by atoms with Crippen LogP contribution in [0.15, 0.2) is 42.5 Å². The lowest BCUT2D eigenvalue weighted by Crippen LogP contribution is -2.54. The van der Waals surface area contributed by atoms with Crippen molar-refractivity contribution in [2.75, 3.05) is 0 Å². The standard InChI is InChI=1S/C24H32N4O5/c1-14(2)10-19(13-21(29)28-33)23(31)27-20(24(32)26-15(3)22(25)30)12-16-8-9-17-6-4-5-7-18(17)11-16/h4-9,11,14-15,19-20,33H,10,12-13H2,1-3H3,(H2,25,30)(H,26,32)(H,27,31)(H,28,29)/t15-,19-,20-/m0/s1. The van der Waals surface area contributed by atoms with E-state index in [0.717, 1.165) is 16.3 Å². The number of carbonyl (C=O) groups is 4. The largest absolute Gasteiger partial charge is 0.368 e. The molecule has 0 aliphatic carbocycles. The summed E-state index contributed by atoms with van der Waals surface area (Å²) in [5.41, 5.74) is 7.62. The number of fused-ring (bicyclic) bond motifs is 1. The number of primary amides is 1. The second kappa shape index (κ2) is 12.0. The molecule has 33 heavy (non-hydrogen) atoms. The van der Waals surface area contributed by atoms with Gasteiger partial charge in [0.15, 0.2) is 0 Å². The first kappa shape index (κ1) is 25.8. The average Bonchev–Trinajstić information content (AvgIpc) is 2.77. The molecule has 0 aliphatic heterocycles. The third-order valence-corrected chi connectivity index (χ3v) is 5.36. The summed E-state index contributed by atoms with van der Waals surface area (Å²) >= 11 is 0. The highest BCUT2D eigenvalue weighted by atomic mass is 16.5. The van der Waals surface area contributed by atoms with E-state index in [0.29, 0.717) is 6.42 Å². The summed E-state index contributed by atoms with van der Waals surface area (Å²) in [7, 11) is 0. The van der Waals surface area contributed by atoms with Crippen molar-refractivity contribution in [2.45, 2.75) is 52.1 Å². The molecule has 0 spiro atoms. The van der Waals surface area contributed by atoms with Crippen LogP contribution in [0.1, 0.15) is 39.2 Å². The molecular formula is C24H32N4O5. The molecule has 4 amide bonds. The van der Waals surface area contributed by atoms with Crippen molar-refractivity contribution in [3.63, 3.8) is 0 Å². The van der Waals surface area contributed by atoms with E-state index in [9.17, 15) is 19.2 Å². The Morgan fingerprint density at radius 3 is 2.21 bits per heavy atom. The Balaban J connectivity index is 2.27. The fraction of sp³-hybridized carbons (Fsp3) is 0.417. The molecule has 0 heterocycles. The summed E-state index contributed by atoms with van der Waals surface area (Å²) in [6.07, 6.45) is 0.345. The monoisotopic (exact) mass is 456 g/mol. The molecule has 2 aromatic carbocycles. The molecule has 3 atom stereocenters. The number of benzene rings is 2. The van der Waals surface area contributed by atoms with E-state index in [1.807, 2.05) is 56.3 Å². The van der Waals surface area contributed by atoms with Crippen LogP contribution in [0.3, 0.4) is 0 Å². The molecule has 0 saturated carbocycles. The van der Waals surface area contributed by atoms with Crippen molar-refractivity contribution >= 4 is 34.4 Å². The van der Waals surface area contributed by atoms with Gasteiger partial charge in [-0.3, -0.25) is 24.4 Å². The van der Waals surface area contributed by atoms with E-state index in [2.05, 4.69) is 10.6 Å². The Hall–Kier alpha value is -3.46. The third kappa shape index (κ3) is 7.87. The SMILES string of the molecule is CC(C)C[C@@H](CC(=O)NO)C(=O)N[C@@H](Cc1ccc2ccccc2c1)C(=O)N[C@@H](C)C(N)=O. The Labute approximate surface area is 193 Å². The predicted octanol–water partition coefficient (Wildman–Crippen LogP) is 1.41. The van der Waals surface area contributed by atoms with Crippen LogP contribution in [-0.4, -0.2) is 40.9 Å². The molecule has 0 bridgehead atoms. The van der Waals surface area contributed by atoms with Crippen LogP contribution in [0.25, 0.3) is 10.8 Å². The maximum atomic E-state index is 13.0. The number of amides is 4. The van der Waals surface area contributed by atoms with Crippen molar-refractivity contribution < 1.29 is 24.4 Å². The van der Waals surface area contributed by atoms with Crippen LogP contribution in [0.5, 0.6) is 0 Å². The van der Waals surface area contributed by atoms with E-state index in [1.54, 1.807) is 5.48 Å². The zero-order chi connectivity index (χ0) is 24.5. The minimum absolute atomic E-state index is 0.106. The normalized spacial score (nSPS) is 13.7. The van der Waals surface area contributed by atoms with Gasteiger partial charge in [-0.2, -0.15) is 0 Å². The number of carbonyl (C=O) groups excluding carboxylic acids is 4. The van der Waals surface area contributed by atoms with Crippen molar-refractivity contribution in [3.05, 3.63) is 48.0 Å². The lowest BCUT2D eigenvalue weighted by Gasteiger charge is -2.24. The Kier molecular flexibility index (Phi) is 9.35. The van der Waals surface area contributed by atoms with E-state index in [1.165, 1.54) is 6.92 Å². The molecule has 9 heteroatoms. The van der Waals surface area contributed by atoms with Crippen LogP contribution in [0.4, 0.5) is 0 Å². The molecule has 0 fully saturated rings. The van der Waals surface area contributed by atoms with Gasteiger partial charge in [-0.1, -0.05) is 56.3 Å². The molecule has 178 valence electrons. The van der Waals surface area contributed by atoms with Gasteiger partial charge in [0.1, 0.15) is 12.1 Å². The number of hydroxylamine groups is 1. The van der Waals surface area contributed by atoms with Gasteiger partial charge in [0.05, 0.1) is 0 Å². The van der Waals surface area contributed by atoms with E-state index < -0.39 is 41.6 Å². The van der Waals surface area contributed by atoms with Gasteiger partial charge in [0, 0.05) is 18.8 Å². The summed E-state index contributed by atoms with van der Waals surface area (Å²) < 4.78 is 0. The van der Waals surface area contributed by atoms with Crippen LogP contribution in [0, 0.1) is 11.8 Å². The van der Waals surface area contributed by atoms with E-state index >= 15 is 0 Å². The molecule has 0 saturated heterocycles. The minimum atomic E-state index is -0.993. The van der Waals surface area contributed by atoms with Crippen LogP contribution < -0.4 is 21.8 Å². The summed E-state index contributed by atoms with van der Waals surface area (Å²) in [4.78, 5) is 49.1. The fourth-order valence-corrected chi connectivity index (χ4v) is 3.61. The topological polar surface area (TPSA) is 151 Å². The summed E-state index contributed by atoms with van der Waals surface area (Å²) in [6.45, 7) is 5.28. The van der Waals surface area contributed by atoms with Gasteiger partial charge < -0.3 is 16.4 Å². The summed E-state index contributed by atoms with van der Waals surface area (Å²) in [5.74, 6) is -3.06. The molecule has 9 nitrogen and oxygen atoms in total. The molecule has 0 aliphatic rings. The number of hydrogen-bond acceptors (Lipinski definition) is 5. The lowest BCUT2D eigenvalue weighted by atomic mass is 9.92. The molecule has 2 rings (SSSR count). The van der Waals surface area contributed by atoms with Gasteiger partial charge in [0.25, 0.3) is 0 Å². The Morgan fingerprint density at radius 2 is 1.61 bits per heavy atom. The predicted molar refractivity (Wildman–Crippen MR) is 124 cm³/mol. The minimum Gasteiger partial charge on any atom is -0.368 e. The van der Waals surface area contributed by atoms with Crippen molar-refractivity contribution in [1.29, 1.82) is 0 Å². The molecule has 0 unspecified atom stereocenters. The third-order valence-electron chi connectivity index (χ3n) is 5.36. The number of hydrogen-bond donors (Lipinski definition) is 5. The zero-order valence-electron chi connectivity index (χ0n) is 19.1. The second-order valence-corrected chi connectivity index (χ2v) is 8.65. The highest BCUT2D eigenvalue weighted by Gasteiger charge is 2.29. The summed E-state index contributed by atoms with van der Waals surface area (Å²) in [5, 5.41) is 16.1. The average molecular weight is 457 g/mol. The van der Waals surface area contributed by atoms with Gasteiger partial charge in [-0.05, 0) is 35.6 Å². The first-order valence-electron chi connectivity index (χ1n) is 10.9. The number of nitrogens with one attached hydrogen (secondary N) is 3. The number of rotatable bonds is 11. The second-order valence-electron chi connectivity index (χ2n) is 8.65. The first-order chi connectivity index (χ1) is 15.6. The van der Waals surface area contributed by atoms with E-state index in [4.69, 9.17) is 10.9 Å². The highest BCUT2D eigenvalue weighted by molar-refractivity contribution is 5.93. The maximum absolute atomic E-state index is 13.0. The molecule has 2 aromatic rings. The Bertz CT molecular complexity index is 1010. The smallest absolute Gasteiger partial charge is 0.244 e. The van der Waals surface area contributed by atoms with Gasteiger partial charge in [-0.25, -0.2) is 5.48 Å². The maximum Gasteiger partial charge on any atom is 0.244 e. The zero-order valence-corrected chi connectivity index (χ0v) is 19.1. The van der Waals surface area contributed by atoms with Crippen LogP contribution in [-0.2, 0) is 25.6 Å². The van der Waals surface area contributed by atoms with E-state index in [-0.39, 0.29) is 18.8 Å². The summed E-state index contributed by atoms with van der Waals surface area (Å²) in [6, 6.07) is 11.6. The molecule has 0 radical (unpaired) electrons. The van der Waals surface area contributed by atoms with Crippen molar-refractivity contribution in [1.82, 2.24) is 16.1 Å². The van der Waals surface area contributed by atoms with Crippen molar-refractivity contribution in [2.24, 2.45) is 17.6 Å². The van der Waals surface area contributed by atoms with Gasteiger partial charge in [-0.15, -0.1) is 0 Å². The number of nitrogens with two attached hydrogens (primary N) is 1. The first-order valence-corrected chi connectivity index (χ1v) is 10.9.